The standard InChI is InChI=1S/C12H22N4O2/c1-9-2-3-10(6-13)8-15(9)4-5-16-11(17)7-14-12(16)18/h9-10H,2-8,13H2,1H3,(H,14,18). The van der Waals surface area contributed by atoms with Crippen molar-refractivity contribution >= 4 is 11.9 Å². The molecule has 3 N–H and O–H groups in total. The van der Waals surface area contributed by atoms with Gasteiger partial charge in [-0.2, -0.15) is 0 Å². The number of nitrogens with one attached hydrogen (secondary N) is 1. The molecule has 2 rings (SSSR count). The van der Waals surface area contributed by atoms with E-state index >= 15 is 0 Å². The number of carbonyl (C=O) groups is 2. The van der Waals surface area contributed by atoms with Crippen LogP contribution in [-0.2, 0) is 4.79 Å². The average molecular weight is 254 g/mol. The lowest BCUT2D eigenvalue weighted by Crippen LogP contribution is -2.47. The molecule has 102 valence electrons. The Morgan fingerprint density at radius 2 is 2.11 bits per heavy atom. The fourth-order valence-electron chi connectivity index (χ4n) is 2.68. The van der Waals surface area contributed by atoms with Gasteiger partial charge >= 0.3 is 6.03 Å². The molecule has 2 fully saturated rings. The third-order valence-electron chi connectivity index (χ3n) is 3.99. The van der Waals surface area contributed by atoms with Gasteiger partial charge < -0.3 is 11.1 Å². The van der Waals surface area contributed by atoms with Crippen LogP contribution in [0, 0.1) is 5.92 Å². The van der Waals surface area contributed by atoms with E-state index in [4.69, 9.17) is 5.73 Å². The van der Waals surface area contributed by atoms with Crippen molar-refractivity contribution < 1.29 is 9.59 Å². The van der Waals surface area contributed by atoms with E-state index in [0.29, 0.717) is 25.0 Å². The lowest BCUT2D eigenvalue weighted by atomic mass is 9.93. The Morgan fingerprint density at radius 1 is 1.33 bits per heavy atom. The molecule has 0 aromatic heterocycles. The number of amides is 3. The fourth-order valence-corrected chi connectivity index (χ4v) is 2.68. The van der Waals surface area contributed by atoms with Crippen molar-refractivity contribution in [1.29, 1.82) is 0 Å². The highest BCUT2D eigenvalue weighted by Gasteiger charge is 2.30. The maximum Gasteiger partial charge on any atom is 0.324 e. The number of piperidine rings is 1. The summed E-state index contributed by atoms with van der Waals surface area (Å²) >= 11 is 0. The van der Waals surface area contributed by atoms with Gasteiger partial charge in [0, 0.05) is 25.7 Å². The summed E-state index contributed by atoms with van der Waals surface area (Å²) in [5.41, 5.74) is 5.72. The van der Waals surface area contributed by atoms with Gasteiger partial charge in [0.25, 0.3) is 0 Å². The van der Waals surface area contributed by atoms with Gasteiger partial charge in [0.15, 0.2) is 0 Å². The molecule has 6 nitrogen and oxygen atoms in total. The van der Waals surface area contributed by atoms with E-state index in [1.165, 1.54) is 11.3 Å². The van der Waals surface area contributed by atoms with E-state index in [2.05, 4.69) is 17.1 Å². The summed E-state index contributed by atoms with van der Waals surface area (Å²) in [6, 6.07) is 0.244. The van der Waals surface area contributed by atoms with Crippen LogP contribution in [0.3, 0.4) is 0 Å². The van der Waals surface area contributed by atoms with E-state index in [1.54, 1.807) is 0 Å². The number of nitrogens with two attached hydrogens (primary N) is 1. The molecule has 6 heteroatoms. The molecule has 2 unspecified atom stereocenters. The minimum atomic E-state index is -0.264. The van der Waals surface area contributed by atoms with E-state index in [0.717, 1.165) is 19.5 Å². The lowest BCUT2D eigenvalue weighted by Gasteiger charge is -2.38. The Labute approximate surface area is 107 Å². The Balaban J connectivity index is 1.84. The van der Waals surface area contributed by atoms with E-state index in [9.17, 15) is 9.59 Å². The molecule has 2 heterocycles. The number of carbonyl (C=O) groups excluding carboxylic acids is 2. The Morgan fingerprint density at radius 3 is 2.72 bits per heavy atom. The minimum absolute atomic E-state index is 0.125. The molecule has 0 bridgehead atoms. The molecule has 0 aromatic carbocycles. The molecule has 18 heavy (non-hydrogen) atoms. The second kappa shape index (κ2) is 5.67. The normalized spacial score (nSPS) is 29.8. The Hall–Kier alpha value is -1.14. The van der Waals surface area contributed by atoms with Crippen LogP contribution in [0.25, 0.3) is 0 Å². The molecular weight excluding hydrogens is 232 g/mol. The van der Waals surface area contributed by atoms with Gasteiger partial charge in [0.2, 0.25) is 5.91 Å². The first-order valence-electron chi connectivity index (χ1n) is 6.64. The number of imide groups is 1. The third-order valence-corrected chi connectivity index (χ3v) is 3.99. The number of hydrogen-bond donors (Lipinski definition) is 2. The monoisotopic (exact) mass is 254 g/mol. The molecule has 2 aliphatic heterocycles. The highest BCUT2D eigenvalue weighted by molar-refractivity contribution is 6.01. The minimum Gasteiger partial charge on any atom is -0.330 e. The van der Waals surface area contributed by atoms with Crippen LogP contribution in [0.5, 0.6) is 0 Å². The smallest absolute Gasteiger partial charge is 0.324 e. The third kappa shape index (κ3) is 2.81. The van der Waals surface area contributed by atoms with E-state index < -0.39 is 0 Å². The molecule has 0 aromatic rings. The first kappa shape index (κ1) is 13.3. The van der Waals surface area contributed by atoms with Gasteiger partial charge in [-0.1, -0.05) is 0 Å². The van der Waals surface area contributed by atoms with Crippen molar-refractivity contribution in [3.8, 4) is 0 Å². The van der Waals surface area contributed by atoms with Crippen LogP contribution in [0.4, 0.5) is 4.79 Å². The van der Waals surface area contributed by atoms with Gasteiger partial charge in [-0.05, 0) is 32.2 Å². The highest BCUT2D eigenvalue weighted by atomic mass is 16.2. The van der Waals surface area contributed by atoms with Crippen LogP contribution in [0.2, 0.25) is 0 Å². The van der Waals surface area contributed by atoms with Gasteiger partial charge in [-0.3, -0.25) is 14.6 Å². The predicted octanol–water partition coefficient (Wildman–Crippen LogP) is -0.403. The summed E-state index contributed by atoms with van der Waals surface area (Å²) in [5.74, 6) is 0.421. The van der Waals surface area contributed by atoms with Crippen LogP contribution >= 0.6 is 0 Å². The summed E-state index contributed by atoms with van der Waals surface area (Å²) < 4.78 is 0. The molecule has 2 atom stereocenters. The SMILES string of the molecule is CC1CCC(CN)CN1CCN1C(=O)CNC1=O. The molecule has 0 saturated carbocycles. The lowest BCUT2D eigenvalue weighted by molar-refractivity contribution is -0.125. The summed E-state index contributed by atoms with van der Waals surface area (Å²) in [6.07, 6.45) is 2.32. The Bertz CT molecular complexity index is 318. The van der Waals surface area contributed by atoms with Crippen molar-refractivity contribution in [3.05, 3.63) is 0 Å². The zero-order valence-corrected chi connectivity index (χ0v) is 10.9. The molecule has 0 spiro atoms. The van der Waals surface area contributed by atoms with Gasteiger partial charge in [0.05, 0.1) is 6.54 Å². The van der Waals surface area contributed by atoms with Gasteiger partial charge in [-0.15, -0.1) is 0 Å². The molecule has 2 saturated heterocycles. The molecule has 2 aliphatic rings. The first-order valence-corrected chi connectivity index (χ1v) is 6.64. The zero-order chi connectivity index (χ0) is 13.1. The molecule has 3 amide bonds. The molecule has 0 radical (unpaired) electrons. The number of hydrogen-bond acceptors (Lipinski definition) is 4. The molecular formula is C12H22N4O2. The summed E-state index contributed by atoms with van der Waals surface area (Å²) in [7, 11) is 0. The number of rotatable bonds is 4. The maximum absolute atomic E-state index is 11.5. The topological polar surface area (TPSA) is 78.7 Å². The van der Waals surface area contributed by atoms with Crippen LogP contribution in [0.1, 0.15) is 19.8 Å². The number of nitrogens with zero attached hydrogens (tertiary/aromatic N) is 2. The van der Waals surface area contributed by atoms with Gasteiger partial charge in [0.1, 0.15) is 0 Å². The number of likely N-dealkylation sites (tertiary alicyclic amines) is 1. The van der Waals surface area contributed by atoms with E-state index in [1.807, 2.05) is 0 Å². The summed E-state index contributed by atoms with van der Waals surface area (Å²) in [5, 5.41) is 2.54. The maximum atomic E-state index is 11.5. The van der Waals surface area contributed by atoms with Crippen LogP contribution < -0.4 is 11.1 Å². The van der Waals surface area contributed by atoms with Crippen LogP contribution in [-0.4, -0.2) is 60.5 Å². The predicted molar refractivity (Wildman–Crippen MR) is 67.9 cm³/mol. The largest absolute Gasteiger partial charge is 0.330 e. The van der Waals surface area contributed by atoms with Gasteiger partial charge in [-0.25, -0.2) is 4.79 Å². The van der Waals surface area contributed by atoms with Crippen molar-refractivity contribution in [1.82, 2.24) is 15.1 Å². The first-order chi connectivity index (χ1) is 8.61. The quantitative estimate of drug-likeness (QED) is 0.669. The Kier molecular flexibility index (Phi) is 4.19. The highest BCUT2D eigenvalue weighted by Crippen LogP contribution is 2.20. The fraction of sp³-hybridized carbons (Fsp3) is 0.833. The van der Waals surface area contributed by atoms with Crippen molar-refractivity contribution in [3.63, 3.8) is 0 Å². The number of urea groups is 1. The second-order valence-corrected chi connectivity index (χ2v) is 5.23. The van der Waals surface area contributed by atoms with Crippen molar-refractivity contribution in [2.24, 2.45) is 11.7 Å². The average Bonchev–Trinajstić information content (AvgIpc) is 2.68. The van der Waals surface area contributed by atoms with E-state index in [-0.39, 0.29) is 18.5 Å². The van der Waals surface area contributed by atoms with Crippen LogP contribution in [0.15, 0.2) is 0 Å². The zero-order valence-electron chi connectivity index (χ0n) is 10.9. The van der Waals surface area contributed by atoms with Crippen molar-refractivity contribution in [2.45, 2.75) is 25.8 Å². The van der Waals surface area contributed by atoms with Crippen molar-refractivity contribution in [2.75, 3.05) is 32.7 Å². The second-order valence-electron chi connectivity index (χ2n) is 5.23. The summed E-state index contributed by atoms with van der Waals surface area (Å²) in [4.78, 5) is 26.5. The molecule has 0 aliphatic carbocycles. The summed E-state index contributed by atoms with van der Waals surface area (Å²) in [6.45, 7) is 5.25.